The van der Waals surface area contributed by atoms with Crippen molar-refractivity contribution in [2.45, 2.75) is 19.5 Å². The molecule has 0 unspecified atom stereocenters. The zero-order valence-corrected chi connectivity index (χ0v) is 14.6. The second-order valence-electron chi connectivity index (χ2n) is 6.26. The minimum absolute atomic E-state index is 0.0688. The fourth-order valence-corrected chi connectivity index (χ4v) is 3.41. The van der Waals surface area contributed by atoms with Gasteiger partial charge in [-0.15, -0.1) is 0 Å². The van der Waals surface area contributed by atoms with E-state index in [1.807, 2.05) is 37.4 Å². The number of nitrogens with zero attached hydrogens (tertiary/aromatic N) is 4. The smallest absolute Gasteiger partial charge is 0.255 e. The Morgan fingerprint density at radius 2 is 2.08 bits per heavy atom. The van der Waals surface area contributed by atoms with Gasteiger partial charge in [-0.2, -0.15) is 5.10 Å². The van der Waals surface area contributed by atoms with E-state index < -0.39 is 0 Å². The zero-order chi connectivity index (χ0) is 17.4. The second kappa shape index (κ2) is 6.46. The third kappa shape index (κ3) is 3.23. The van der Waals surface area contributed by atoms with Crippen LogP contribution in [-0.4, -0.2) is 31.2 Å². The molecular weight excluding hydrogens is 338 g/mol. The monoisotopic (exact) mass is 355 g/mol. The van der Waals surface area contributed by atoms with Crippen molar-refractivity contribution in [2.24, 2.45) is 7.05 Å². The van der Waals surface area contributed by atoms with E-state index in [2.05, 4.69) is 20.0 Å². The highest BCUT2D eigenvalue weighted by molar-refractivity contribution is 6.31. The van der Waals surface area contributed by atoms with Crippen LogP contribution in [0.3, 0.4) is 0 Å². The first-order valence-electron chi connectivity index (χ1n) is 8.18. The molecule has 0 bridgehead atoms. The molecule has 1 N–H and O–H groups in total. The molecule has 25 heavy (non-hydrogen) atoms. The first kappa shape index (κ1) is 16.1. The minimum atomic E-state index is -0.0688. The van der Waals surface area contributed by atoms with Gasteiger partial charge in [-0.3, -0.25) is 14.4 Å². The summed E-state index contributed by atoms with van der Waals surface area (Å²) < 4.78 is 1.70. The molecule has 128 valence electrons. The first-order chi connectivity index (χ1) is 12.1. The Bertz CT molecular complexity index is 963. The summed E-state index contributed by atoms with van der Waals surface area (Å²) in [7, 11) is 1.85. The van der Waals surface area contributed by atoms with Crippen LogP contribution in [0.1, 0.15) is 17.0 Å². The van der Waals surface area contributed by atoms with Crippen molar-refractivity contribution in [3.63, 3.8) is 0 Å². The molecule has 0 saturated heterocycles. The number of benzene rings is 1. The van der Waals surface area contributed by atoms with Gasteiger partial charge in [-0.05, 0) is 0 Å². The molecule has 0 spiro atoms. The highest BCUT2D eigenvalue weighted by atomic mass is 35.5. The van der Waals surface area contributed by atoms with Crippen molar-refractivity contribution in [1.29, 1.82) is 0 Å². The fourth-order valence-electron chi connectivity index (χ4n) is 3.17. The summed E-state index contributed by atoms with van der Waals surface area (Å²) in [5, 5.41) is 5.03. The quantitative estimate of drug-likeness (QED) is 0.783. The summed E-state index contributed by atoms with van der Waals surface area (Å²) in [6.07, 6.45) is 2.53. The first-order valence-corrected chi connectivity index (χ1v) is 8.56. The molecule has 0 fully saturated rings. The number of hydrogen-bond acceptors (Lipinski definition) is 4. The van der Waals surface area contributed by atoms with Crippen LogP contribution < -0.4 is 5.56 Å². The van der Waals surface area contributed by atoms with E-state index in [4.69, 9.17) is 11.6 Å². The van der Waals surface area contributed by atoms with Gasteiger partial charge in [0.25, 0.3) is 5.56 Å². The van der Waals surface area contributed by atoms with Crippen LogP contribution in [0.5, 0.6) is 0 Å². The number of nitrogens with one attached hydrogen (secondary N) is 1. The maximum Gasteiger partial charge on any atom is 0.255 e. The maximum atomic E-state index is 12.6. The number of H-pyrrole nitrogens is 1. The Kier molecular flexibility index (Phi) is 4.15. The molecule has 6 nitrogen and oxygen atoms in total. The number of aryl methyl sites for hydroxylation is 1. The molecule has 4 rings (SSSR count). The van der Waals surface area contributed by atoms with Gasteiger partial charge in [0.05, 0.1) is 22.0 Å². The lowest BCUT2D eigenvalue weighted by atomic mass is 10.1. The fraction of sp³-hybridized carbons (Fsp3) is 0.278. The van der Waals surface area contributed by atoms with Crippen LogP contribution in [0.25, 0.3) is 11.4 Å². The molecule has 2 aromatic heterocycles. The van der Waals surface area contributed by atoms with E-state index >= 15 is 0 Å². The van der Waals surface area contributed by atoms with Gasteiger partial charge >= 0.3 is 0 Å². The Balaban J connectivity index is 1.59. The average molecular weight is 356 g/mol. The van der Waals surface area contributed by atoms with E-state index in [-0.39, 0.29) is 5.56 Å². The summed E-state index contributed by atoms with van der Waals surface area (Å²) in [5.74, 6) is 0.630. The van der Waals surface area contributed by atoms with E-state index in [9.17, 15) is 4.79 Å². The molecule has 0 aliphatic carbocycles. The van der Waals surface area contributed by atoms with Crippen LogP contribution >= 0.6 is 11.6 Å². The highest BCUT2D eigenvalue weighted by Gasteiger charge is 2.22. The summed E-state index contributed by atoms with van der Waals surface area (Å²) in [5.41, 5.74) is 3.30. The maximum absolute atomic E-state index is 12.6. The second-order valence-corrected chi connectivity index (χ2v) is 6.67. The summed E-state index contributed by atoms with van der Waals surface area (Å²) in [6, 6.07) is 9.71. The summed E-state index contributed by atoms with van der Waals surface area (Å²) in [6.45, 7) is 2.00. The number of halogens is 1. The van der Waals surface area contributed by atoms with Gasteiger partial charge < -0.3 is 4.98 Å². The number of hydrogen-bond donors (Lipinski definition) is 1. The predicted molar refractivity (Wildman–Crippen MR) is 96.3 cm³/mol. The van der Waals surface area contributed by atoms with Crippen LogP contribution in [-0.2, 0) is 26.6 Å². The summed E-state index contributed by atoms with van der Waals surface area (Å²) in [4.78, 5) is 22.3. The third-order valence-electron chi connectivity index (χ3n) is 4.42. The van der Waals surface area contributed by atoms with Gasteiger partial charge in [-0.1, -0.05) is 41.9 Å². The number of fused-ring (bicyclic) bond motifs is 1. The molecule has 0 saturated carbocycles. The molecule has 7 heteroatoms. The number of aromatic nitrogens is 4. The van der Waals surface area contributed by atoms with Crippen molar-refractivity contribution in [1.82, 2.24) is 24.6 Å². The minimum Gasteiger partial charge on any atom is -0.306 e. The van der Waals surface area contributed by atoms with Crippen molar-refractivity contribution >= 4 is 11.6 Å². The Morgan fingerprint density at radius 3 is 2.80 bits per heavy atom. The number of aromatic amines is 1. The van der Waals surface area contributed by atoms with Crippen LogP contribution in [0.2, 0.25) is 5.02 Å². The molecular formula is C18H18ClN5O. The normalized spacial score (nSPS) is 14.5. The molecule has 3 aromatic rings. The van der Waals surface area contributed by atoms with Crippen LogP contribution in [0, 0.1) is 0 Å². The SMILES string of the molecule is Cn1cc(Cl)c(CN2CCc3nc(-c4ccccc4)[nH]c(=O)c3C2)n1. The average Bonchev–Trinajstić information content (AvgIpc) is 2.93. The van der Waals surface area contributed by atoms with Gasteiger partial charge in [-0.25, -0.2) is 4.98 Å². The Labute approximate surface area is 150 Å². The zero-order valence-electron chi connectivity index (χ0n) is 13.9. The van der Waals surface area contributed by atoms with Gasteiger partial charge in [0.1, 0.15) is 5.82 Å². The Hall–Kier alpha value is -2.44. The van der Waals surface area contributed by atoms with Gasteiger partial charge in [0, 0.05) is 44.9 Å². The lowest BCUT2D eigenvalue weighted by molar-refractivity contribution is 0.238. The van der Waals surface area contributed by atoms with E-state index in [1.54, 1.807) is 10.9 Å². The topological polar surface area (TPSA) is 66.8 Å². The van der Waals surface area contributed by atoms with Crippen molar-refractivity contribution in [2.75, 3.05) is 6.54 Å². The Morgan fingerprint density at radius 1 is 1.28 bits per heavy atom. The molecule has 3 heterocycles. The molecule has 0 radical (unpaired) electrons. The number of rotatable bonds is 3. The molecule has 1 aliphatic heterocycles. The predicted octanol–water partition coefficient (Wildman–Crippen LogP) is 2.38. The summed E-state index contributed by atoms with van der Waals surface area (Å²) >= 11 is 6.19. The van der Waals surface area contributed by atoms with Crippen molar-refractivity contribution in [3.8, 4) is 11.4 Å². The lowest BCUT2D eigenvalue weighted by Crippen LogP contribution is -2.35. The molecule has 1 aliphatic rings. The van der Waals surface area contributed by atoms with Crippen molar-refractivity contribution in [3.05, 3.63) is 68.9 Å². The van der Waals surface area contributed by atoms with E-state index in [1.165, 1.54) is 0 Å². The van der Waals surface area contributed by atoms with Crippen LogP contribution in [0.15, 0.2) is 41.3 Å². The molecule has 0 amide bonds. The van der Waals surface area contributed by atoms with Crippen molar-refractivity contribution < 1.29 is 0 Å². The highest BCUT2D eigenvalue weighted by Crippen LogP contribution is 2.21. The molecule has 1 aromatic carbocycles. The van der Waals surface area contributed by atoms with Gasteiger partial charge in [0.15, 0.2) is 0 Å². The van der Waals surface area contributed by atoms with Gasteiger partial charge in [0.2, 0.25) is 0 Å². The van der Waals surface area contributed by atoms with Crippen LogP contribution in [0.4, 0.5) is 0 Å². The van der Waals surface area contributed by atoms with E-state index in [0.29, 0.717) is 23.9 Å². The van der Waals surface area contributed by atoms with E-state index in [0.717, 1.165) is 35.5 Å². The standard InChI is InChI=1S/C18H18ClN5O/c1-23-10-14(19)16(22-23)11-24-8-7-15-13(9-24)18(25)21-17(20-15)12-5-3-2-4-6-12/h2-6,10H,7-9,11H2,1H3,(H,20,21,25). The molecule has 0 atom stereocenters. The largest absolute Gasteiger partial charge is 0.306 e. The third-order valence-corrected chi connectivity index (χ3v) is 4.74. The lowest BCUT2D eigenvalue weighted by Gasteiger charge is -2.27.